The molecule has 0 unspecified atom stereocenters. The highest BCUT2D eigenvalue weighted by atomic mass is 32.1. The van der Waals surface area contributed by atoms with Crippen molar-refractivity contribution < 1.29 is 9.53 Å². The lowest BCUT2D eigenvalue weighted by molar-refractivity contribution is 0.0524. The molecule has 0 radical (unpaired) electrons. The molecule has 0 fully saturated rings. The molecular weight excluding hydrogens is 248 g/mol. The summed E-state index contributed by atoms with van der Waals surface area (Å²) in [7, 11) is 0. The molecule has 2 aromatic rings. The molecule has 0 amide bonds. The summed E-state index contributed by atoms with van der Waals surface area (Å²) >= 11 is 1.53. The highest BCUT2D eigenvalue weighted by Gasteiger charge is 2.14. The first-order chi connectivity index (χ1) is 8.76. The number of hydrogen-bond acceptors (Lipinski definition) is 5. The lowest BCUT2D eigenvalue weighted by Gasteiger charge is -2.07. The molecule has 2 aromatic heterocycles. The summed E-state index contributed by atoms with van der Waals surface area (Å²) in [6.07, 6.45) is 2.43. The van der Waals surface area contributed by atoms with E-state index in [1.54, 1.807) is 19.2 Å². The first-order valence-corrected chi connectivity index (χ1v) is 6.71. The Kier molecular flexibility index (Phi) is 4.04. The van der Waals surface area contributed by atoms with E-state index < -0.39 is 0 Å². The van der Waals surface area contributed by atoms with E-state index in [9.17, 15) is 4.79 Å². The van der Waals surface area contributed by atoms with Gasteiger partial charge in [-0.2, -0.15) is 0 Å². The Hall–Kier alpha value is -1.75. The maximum absolute atomic E-state index is 11.7. The SMILES string of the molecule is CCOC(=O)c1ccc(-c2nccs2)nc1CC. The standard InChI is InChI=1S/C13H14N2O2S/c1-3-10-9(13(16)17-4-2)5-6-11(15-10)12-14-7-8-18-12/h5-8H,3-4H2,1-2H3. The smallest absolute Gasteiger partial charge is 0.339 e. The first-order valence-electron chi connectivity index (χ1n) is 5.83. The van der Waals surface area contributed by atoms with Gasteiger partial charge in [0.2, 0.25) is 0 Å². The van der Waals surface area contributed by atoms with E-state index in [-0.39, 0.29) is 5.97 Å². The summed E-state index contributed by atoms with van der Waals surface area (Å²) in [5, 5.41) is 2.77. The van der Waals surface area contributed by atoms with Gasteiger partial charge in [0.05, 0.1) is 23.6 Å². The van der Waals surface area contributed by atoms with Crippen LogP contribution in [-0.2, 0) is 11.2 Å². The molecular formula is C13H14N2O2S. The Morgan fingerprint density at radius 2 is 2.22 bits per heavy atom. The Balaban J connectivity index is 2.37. The van der Waals surface area contributed by atoms with Gasteiger partial charge in [0.15, 0.2) is 0 Å². The van der Waals surface area contributed by atoms with Crippen LogP contribution in [0.3, 0.4) is 0 Å². The van der Waals surface area contributed by atoms with Crippen LogP contribution >= 0.6 is 11.3 Å². The van der Waals surface area contributed by atoms with E-state index >= 15 is 0 Å². The van der Waals surface area contributed by atoms with Gasteiger partial charge in [-0.15, -0.1) is 11.3 Å². The highest BCUT2D eigenvalue weighted by molar-refractivity contribution is 7.13. The van der Waals surface area contributed by atoms with Crippen LogP contribution in [0.5, 0.6) is 0 Å². The fraction of sp³-hybridized carbons (Fsp3) is 0.308. The predicted octanol–water partition coefficient (Wildman–Crippen LogP) is 2.94. The Labute approximate surface area is 110 Å². The largest absolute Gasteiger partial charge is 0.462 e. The van der Waals surface area contributed by atoms with Crippen molar-refractivity contribution in [3.63, 3.8) is 0 Å². The molecule has 94 valence electrons. The summed E-state index contributed by atoms with van der Waals surface area (Å²) in [5.74, 6) is -0.312. The molecule has 2 heterocycles. The van der Waals surface area contributed by atoms with Gasteiger partial charge in [0.25, 0.3) is 0 Å². The maximum Gasteiger partial charge on any atom is 0.339 e. The summed E-state index contributed by atoms with van der Waals surface area (Å²) in [6, 6.07) is 3.57. The molecule has 0 aliphatic rings. The normalized spacial score (nSPS) is 10.3. The van der Waals surface area contributed by atoms with Gasteiger partial charge in [-0.25, -0.2) is 14.8 Å². The van der Waals surface area contributed by atoms with Crippen molar-refractivity contribution in [2.24, 2.45) is 0 Å². The van der Waals surface area contributed by atoms with Crippen LogP contribution in [-0.4, -0.2) is 22.5 Å². The molecule has 5 heteroatoms. The predicted molar refractivity (Wildman–Crippen MR) is 70.7 cm³/mol. The minimum absolute atomic E-state index is 0.312. The highest BCUT2D eigenvalue weighted by Crippen LogP contribution is 2.21. The third-order valence-corrected chi connectivity index (χ3v) is 3.25. The van der Waals surface area contributed by atoms with Crippen molar-refractivity contribution in [2.75, 3.05) is 6.61 Å². The number of hydrogen-bond donors (Lipinski definition) is 0. The van der Waals surface area contributed by atoms with Crippen molar-refractivity contribution in [2.45, 2.75) is 20.3 Å². The molecule has 2 rings (SSSR count). The summed E-state index contributed by atoms with van der Waals surface area (Å²) in [4.78, 5) is 20.4. The van der Waals surface area contributed by atoms with Gasteiger partial charge in [-0.05, 0) is 25.5 Å². The molecule has 0 atom stereocenters. The lowest BCUT2D eigenvalue weighted by Crippen LogP contribution is -2.09. The van der Waals surface area contributed by atoms with Crippen LogP contribution < -0.4 is 0 Å². The average molecular weight is 262 g/mol. The van der Waals surface area contributed by atoms with Crippen LogP contribution in [0.1, 0.15) is 29.9 Å². The van der Waals surface area contributed by atoms with E-state index in [2.05, 4.69) is 9.97 Å². The fourth-order valence-electron chi connectivity index (χ4n) is 1.63. The molecule has 0 aliphatic heterocycles. The van der Waals surface area contributed by atoms with Crippen LogP contribution in [0, 0.1) is 0 Å². The van der Waals surface area contributed by atoms with E-state index in [4.69, 9.17) is 4.74 Å². The van der Waals surface area contributed by atoms with E-state index in [0.29, 0.717) is 18.6 Å². The van der Waals surface area contributed by atoms with E-state index in [1.807, 2.05) is 18.4 Å². The Morgan fingerprint density at radius 3 is 2.83 bits per heavy atom. The summed E-state index contributed by atoms with van der Waals surface area (Å²) in [5.41, 5.74) is 2.09. The Morgan fingerprint density at radius 1 is 1.39 bits per heavy atom. The number of rotatable bonds is 4. The number of pyridine rings is 1. The number of esters is 1. The third-order valence-electron chi connectivity index (χ3n) is 2.46. The number of nitrogens with zero attached hydrogens (tertiary/aromatic N) is 2. The molecule has 0 bridgehead atoms. The molecule has 0 aliphatic carbocycles. The topological polar surface area (TPSA) is 52.1 Å². The van der Waals surface area contributed by atoms with Crippen molar-refractivity contribution in [1.29, 1.82) is 0 Å². The Bertz CT molecular complexity index is 538. The van der Waals surface area contributed by atoms with Gasteiger partial charge < -0.3 is 4.74 Å². The zero-order valence-corrected chi connectivity index (χ0v) is 11.2. The number of aryl methyl sites for hydroxylation is 1. The van der Waals surface area contributed by atoms with Crippen molar-refractivity contribution >= 4 is 17.3 Å². The van der Waals surface area contributed by atoms with E-state index in [0.717, 1.165) is 16.4 Å². The van der Waals surface area contributed by atoms with Gasteiger partial charge in [0.1, 0.15) is 5.01 Å². The van der Waals surface area contributed by atoms with Crippen LogP contribution in [0.15, 0.2) is 23.7 Å². The number of thiazole rings is 1. The molecule has 0 saturated heterocycles. The minimum Gasteiger partial charge on any atom is -0.462 e. The number of aromatic nitrogens is 2. The second-order valence-electron chi connectivity index (χ2n) is 3.60. The number of carbonyl (C=O) groups excluding carboxylic acids is 1. The maximum atomic E-state index is 11.7. The van der Waals surface area contributed by atoms with Crippen LogP contribution in [0.2, 0.25) is 0 Å². The third kappa shape index (κ3) is 2.56. The van der Waals surface area contributed by atoms with Crippen LogP contribution in [0.4, 0.5) is 0 Å². The average Bonchev–Trinajstić information content (AvgIpc) is 2.92. The zero-order chi connectivity index (χ0) is 13.0. The van der Waals surface area contributed by atoms with Gasteiger partial charge in [0, 0.05) is 11.6 Å². The van der Waals surface area contributed by atoms with Crippen molar-refractivity contribution in [1.82, 2.24) is 9.97 Å². The van der Waals surface area contributed by atoms with Crippen LogP contribution in [0.25, 0.3) is 10.7 Å². The van der Waals surface area contributed by atoms with Gasteiger partial charge in [-0.1, -0.05) is 6.92 Å². The molecule has 0 spiro atoms. The lowest BCUT2D eigenvalue weighted by atomic mass is 10.1. The monoisotopic (exact) mass is 262 g/mol. The second-order valence-corrected chi connectivity index (χ2v) is 4.50. The minimum atomic E-state index is -0.312. The zero-order valence-electron chi connectivity index (χ0n) is 10.3. The molecule has 0 saturated carbocycles. The van der Waals surface area contributed by atoms with Gasteiger partial charge in [-0.3, -0.25) is 0 Å². The second kappa shape index (κ2) is 5.73. The summed E-state index contributed by atoms with van der Waals surface area (Å²) < 4.78 is 5.01. The summed E-state index contributed by atoms with van der Waals surface area (Å²) in [6.45, 7) is 4.13. The fourth-order valence-corrected chi connectivity index (χ4v) is 2.24. The molecule has 0 aromatic carbocycles. The molecule has 18 heavy (non-hydrogen) atoms. The van der Waals surface area contributed by atoms with Crippen molar-refractivity contribution in [3.8, 4) is 10.7 Å². The number of carbonyl (C=O) groups is 1. The number of ether oxygens (including phenoxy) is 1. The van der Waals surface area contributed by atoms with Crippen molar-refractivity contribution in [3.05, 3.63) is 35.0 Å². The quantitative estimate of drug-likeness (QED) is 0.795. The first kappa shape index (κ1) is 12.7. The van der Waals surface area contributed by atoms with E-state index in [1.165, 1.54) is 11.3 Å². The molecule has 4 nitrogen and oxygen atoms in total. The molecule has 0 N–H and O–H groups in total. The van der Waals surface area contributed by atoms with Gasteiger partial charge >= 0.3 is 5.97 Å².